The van der Waals surface area contributed by atoms with E-state index in [-0.39, 0.29) is 5.15 Å². The molecule has 0 aromatic carbocycles. The van der Waals surface area contributed by atoms with Crippen LogP contribution in [0.4, 0.5) is 5.82 Å². The van der Waals surface area contributed by atoms with E-state index in [1.165, 1.54) is 12.4 Å². The first-order chi connectivity index (χ1) is 7.65. The Kier molecular flexibility index (Phi) is 5.34. The second-order valence-electron chi connectivity index (χ2n) is 3.01. The van der Waals surface area contributed by atoms with Gasteiger partial charge in [0.15, 0.2) is 11.0 Å². The molecular weight excluding hydrogens is 250 g/mol. The van der Waals surface area contributed by atoms with Gasteiger partial charge in [0.25, 0.3) is 0 Å². The fraction of sp³-hybridized carbons (Fsp3) is 0.444. The van der Waals surface area contributed by atoms with Crippen molar-refractivity contribution in [2.24, 2.45) is 0 Å². The molecule has 1 aromatic heterocycles. The van der Waals surface area contributed by atoms with E-state index in [0.717, 1.165) is 5.75 Å². The molecule has 0 saturated heterocycles. The van der Waals surface area contributed by atoms with Gasteiger partial charge in [-0.2, -0.15) is 11.8 Å². The molecule has 0 saturated carbocycles. The van der Waals surface area contributed by atoms with Gasteiger partial charge in [-0.1, -0.05) is 11.6 Å². The number of carboxylic acid groups (broad SMARTS) is 1. The Morgan fingerprint density at radius 1 is 1.62 bits per heavy atom. The molecule has 0 aliphatic heterocycles. The van der Waals surface area contributed by atoms with Crippen LogP contribution in [-0.2, 0) is 4.79 Å². The molecule has 0 unspecified atom stereocenters. The topological polar surface area (TPSA) is 75.1 Å². The van der Waals surface area contributed by atoms with E-state index in [0.29, 0.717) is 12.2 Å². The number of carbonyl (C=O) groups is 1. The SMILES string of the molecule is CSCC[C@@H](Nc1nccnc1Cl)C(=O)O. The fourth-order valence-electron chi connectivity index (χ4n) is 1.08. The molecular formula is C9H12ClN3O2S. The van der Waals surface area contributed by atoms with Gasteiger partial charge >= 0.3 is 5.97 Å². The lowest BCUT2D eigenvalue weighted by Crippen LogP contribution is -2.30. The van der Waals surface area contributed by atoms with Gasteiger partial charge in [-0.25, -0.2) is 14.8 Å². The van der Waals surface area contributed by atoms with Gasteiger partial charge in [0.1, 0.15) is 6.04 Å². The predicted molar refractivity (Wildman–Crippen MR) is 65.1 cm³/mol. The standard InChI is InChI=1S/C9H12ClN3O2S/c1-16-5-2-6(9(14)15)13-8-7(10)11-3-4-12-8/h3-4,6H,2,5H2,1H3,(H,12,13)(H,14,15)/t6-/m1/s1. The van der Waals surface area contributed by atoms with Gasteiger partial charge in [0, 0.05) is 12.4 Å². The molecule has 0 radical (unpaired) electrons. The van der Waals surface area contributed by atoms with E-state index >= 15 is 0 Å². The first-order valence-corrected chi connectivity index (χ1v) is 6.37. The third-order valence-corrected chi connectivity index (χ3v) is 2.79. The lowest BCUT2D eigenvalue weighted by atomic mass is 10.2. The van der Waals surface area contributed by atoms with Crippen molar-refractivity contribution in [1.82, 2.24) is 9.97 Å². The molecule has 1 aromatic rings. The number of thioether (sulfide) groups is 1. The summed E-state index contributed by atoms with van der Waals surface area (Å²) in [4.78, 5) is 18.7. The lowest BCUT2D eigenvalue weighted by molar-refractivity contribution is -0.137. The number of nitrogens with one attached hydrogen (secondary N) is 1. The van der Waals surface area contributed by atoms with E-state index in [4.69, 9.17) is 16.7 Å². The van der Waals surface area contributed by atoms with Crippen LogP contribution in [0.1, 0.15) is 6.42 Å². The highest BCUT2D eigenvalue weighted by Crippen LogP contribution is 2.16. The summed E-state index contributed by atoms with van der Waals surface area (Å²) < 4.78 is 0. The van der Waals surface area contributed by atoms with Crippen molar-refractivity contribution in [3.8, 4) is 0 Å². The summed E-state index contributed by atoms with van der Waals surface area (Å²) in [7, 11) is 0. The van der Waals surface area contributed by atoms with E-state index in [9.17, 15) is 4.79 Å². The Bertz CT molecular complexity index is 364. The van der Waals surface area contributed by atoms with Crippen molar-refractivity contribution < 1.29 is 9.90 Å². The molecule has 1 atom stereocenters. The highest BCUT2D eigenvalue weighted by atomic mass is 35.5. The Morgan fingerprint density at radius 3 is 2.88 bits per heavy atom. The number of aromatic nitrogens is 2. The smallest absolute Gasteiger partial charge is 0.326 e. The highest BCUT2D eigenvalue weighted by Gasteiger charge is 2.18. The van der Waals surface area contributed by atoms with Crippen molar-refractivity contribution in [1.29, 1.82) is 0 Å². The minimum absolute atomic E-state index is 0.179. The van der Waals surface area contributed by atoms with Crippen LogP contribution < -0.4 is 5.32 Å². The Labute approximate surface area is 103 Å². The molecule has 0 aliphatic carbocycles. The number of rotatable bonds is 6. The van der Waals surface area contributed by atoms with Crippen molar-refractivity contribution >= 4 is 35.1 Å². The Balaban J connectivity index is 2.68. The number of halogens is 1. The molecule has 0 bridgehead atoms. The number of aliphatic carboxylic acids is 1. The van der Waals surface area contributed by atoms with Crippen LogP contribution in [0.15, 0.2) is 12.4 Å². The van der Waals surface area contributed by atoms with Crippen LogP contribution in [-0.4, -0.2) is 39.1 Å². The monoisotopic (exact) mass is 261 g/mol. The molecule has 0 aliphatic rings. The maximum atomic E-state index is 11.0. The van der Waals surface area contributed by atoms with E-state index in [1.54, 1.807) is 11.8 Å². The van der Waals surface area contributed by atoms with E-state index in [2.05, 4.69) is 15.3 Å². The molecule has 7 heteroatoms. The van der Waals surface area contributed by atoms with Gasteiger partial charge in [0.05, 0.1) is 0 Å². The van der Waals surface area contributed by atoms with E-state index in [1.807, 2.05) is 6.26 Å². The van der Waals surface area contributed by atoms with Crippen LogP contribution >= 0.6 is 23.4 Å². The van der Waals surface area contributed by atoms with Crippen LogP contribution in [0.3, 0.4) is 0 Å². The van der Waals surface area contributed by atoms with E-state index < -0.39 is 12.0 Å². The van der Waals surface area contributed by atoms with Crippen LogP contribution in [0.5, 0.6) is 0 Å². The zero-order valence-corrected chi connectivity index (χ0v) is 10.3. The molecule has 2 N–H and O–H groups in total. The number of anilines is 1. The molecule has 1 heterocycles. The second kappa shape index (κ2) is 6.55. The first kappa shape index (κ1) is 13.1. The number of carboxylic acids is 1. The van der Waals surface area contributed by atoms with Crippen molar-refractivity contribution in [3.05, 3.63) is 17.5 Å². The fourth-order valence-corrected chi connectivity index (χ4v) is 1.71. The molecule has 88 valence electrons. The van der Waals surface area contributed by atoms with Gasteiger partial charge in [-0.15, -0.1) is 0 Å². The largest absolute Gasteiger partial charge is 0.480 e. The van der Waals surface area contributed by atoms with Crippen molar-refractivity contribution in [2.75, 3.05) is 17.3 Å². The van der Waals surface area contributed by atoms with Crippen LogP contribution in [0.2, 0.25) is 5.15 Å². The summed E-state index contributed by atoms with van der Waals surface area (Å²) in [5.41, 5.74) is 0. The summed E-state index contributed by atoms with van der Waals surface area (Å²) in [6, 6.07) is -0.693. The average molecular weight is 262 g/mol. The van der Waals surface area contributed by atoms with Crippen molar-refractivity contribution in [2.45, 2.75) is 12.5 Å². The van der Waals surface area contributed by atoms with Crippen LogP contribution in [0.25, 0.3) is 0 Å². The molecule has 16 heavy (non-hydrogen) atoms. The number of hydrogen-bond donors (Lipinski definition) is 2. The molecule has 5 nitrogen and oxygen atoms in total. The van der Waals surface area contributed by atoms with Gasteiger partial charge in [-0.05, 0) is 18.4 Å². The first-order valence-electron chi connectivity index (χ1n) is 4.60. The third kappa shape index (κ3) is 3.86. The van der Waals surface area contributed by atoms with Gasteiger partial charge in [-0.3, -0.25) is 0 Å². The predicted octanol–water partition coefficient (Wildman–Crippen LogP) is 1.75. The summed E-state index contributed by atoms with van der Waals surface area (Å²) in [6.45, 7) is 0. The quantitative estimate of drug-likeness (QED) is 0.813. The minimum Gasteiger partial charge on any atom is -0.480 e. The summed E-state index contributed by atoms with van der Waals surface area (Å²) >= 11 is 7.36. The maximum Gasteiger partial charge on any atom is 0.326 e. The second-order valence-corrected chi connectivity index (χ2v) is 4.36. The Hall–Kier alpha value is -1.01. The molecule has 1 rings (SSSR count). The zero-order chi connectivity index (χ0) is 12.0. The minimum atomic E-state index is -0.921. The van der Waals surface area contributed by atoms with Crippen LogP contribution in [0, 0.1) is 0 Å². The van der Waals surface area contributed by atoms with Gasteiger partial charge in [0.2, 0.25) is 0 Å². The number of nitrogens with zero attached hydrogens (tertiary/aromatic N) is 2. The highest BCUT2D eigenvalue weighted by molar-refractivity contribution is 7.98. The molecule has 0 spiro atoms. The number of hydrogen-bond acceptors (Lipinski definition) is 5. The molecule has 0 fully saturated rings. The summed E-state index contributed by atoms with van der Waals surface area (Å²) in [6.07, 6.45) is 5.34. The van der Waals surface area contributed by atoms with Crippen molar-refractivity contribution in [3.63, 3.8) is 0 Å². The zero-order valence-electron chi connectivity index (χ0n) is 8.68. The molecule has 0 amide bonds. The Morgan fingerprint density at radius 2 is 2.31 bits per heavy atom. The summed E-state index contributed by atoms with van der Waals surface area (Å²) in [5.74, 6) is 0.135. The third-order valence-electron chi connectivity index (χ3n) is 1.87. The summed E-state index contributed by atoms with van der Waals surface area (Å²) in [5, 5.41) is 11.9. The lowest BCUT2D eigenvalue weighted by Gasteiger charge is -2.14. The normalized spacial score (nSPS) is 12.1. The maximum absolute atomic E-state index is 11.0. The average Bonchev–Trinajstić information content (AvgIpc) is 2.26. The van der Waals surface area contributed by atoms with Gasteiger partial charge < -0.3 is 10.4 Å².